The van der Waals surface area contributed by atoms with E-state index in [0.717, 1.165) is 18.2 Å². The van der Waals surface area contributed by atoms with Crippen LogP contribution in [0.5, 0.6) is 0 Å². The second-order valence-corrected chi connectivity index (χ2v) is 7.16. The minimum Gasteiger partial charge on any atom is -0.368 e. The van der Waals surface area contributed by atoms with Gasteiger partial charge < -0.3 is 15.2 Å². The molecule has 0 radical (unpaired) electrons. The fraction of sp³-hybridized carbons (Fsp3) is 0.273. The lowest BCUT2D eigenvalue weighted by molar-refractivity contribution is -0.121. The highest BCUT2D eigenvalue weighted by atomic mass is 16.5. The van der Waals surface area contributed by atoms with Crippen LogP contribution in [0.15, 0.2) is 58.0 Å². The number of amides is 1. The maximum absolute atomic E-state index is 12.1. The molecule has 1 aromatic carbocycles. The molecule has 32 heavy (non-hydrogen) atoms. The largest absolute Gasteiger partial charge is 0.368 e. The SMILES string of the molecule is O=C(CCc1nc(-c2ccccn2)no1)NCCCCNc1n[nH]c(=O)c2ccccc12. The van der Waals surface area contributed by atoms with Crippen molar-refractivity contribution in [3.63, 3.8) is 0 Å². The zero-order valence-corrected chi connectivity index (χ0v) is 17.4. The highest BCUT2D eigenvalue weighted by Gasteiger charge is 2.11. The highest BCUT2D eigenvalue weighted by molar-refractivity contribution is 5.90. The summed E-state index contributed by atoms with van der Waals surface area (Å²) < 4.78 is 5.19. The molecule has 0 fully saturated rings. The number of nitrogens with one attached hydrogen (secondary N) is 3. The molecular weight excluding hydrogens is 410 g/mol. The minimum atomic E-state index is -0.206. The molecule has 3 aromatic heterocycles. The molecule has 164 valence electrons. The summed E-state index contributed by atoms with van der Waals surface area (Å²) in [5.74, 6) is 1.40. The summed E-state index contributed by atoms with van der Waals surface area (Å²) in [6, 6.07) is 12.8. The number of hydrogen-bond acceptors (Lipinski definition) is 8. The molecule has 0 bridgehead atoms. The number of carbonyl (C=O) groups excluding carboxylic acids is 1. The van der Waals surface area contributed by atoms with Crippen LogP contribution in [0.2, 0.25) is 0 Å². The number of fused-ring (bicyclic) bond motifs is 1. The van der Waals surface area contributed by atoms with Gasteiger partial charge in [-0.3, -0.25) is 14.6 Å². The standard InChI is InChI=1S/C22H23N7O3/c30-18(10-11-19-26-21(29-32-19)17-9-3-4-12-23-17)24-13-5-6-14-25-20-15-7-1-2-8-16(15)22(31)28-27-20/h1-4,7-9,12H,5-6,10-11,13-14H2,(H,24,30)(H,25,27)(H,28,31). The number of H-pyrrole nitrogens is 1. The van der Waals surface area contributed by atoms with Gasteiger partial charge in [0.2, 0.25) is 17.6 Å². The van der Waals surface area contributed by atoms with E-state index in [9.17, 15) is 9.59 Å². The maximum Gasteiger partial charge on any atom is 0.272 e. The Hall–Kier alpha value is -4.08. The maximum atomic E-state index is 12.1. The van der Waals surface area contributed by atoms with Crippen molar-refractivity contribution in [2.45, 2.75) is 25.7 Å². The van der Waals surface area contributed by atoms with Gasteiger partial charge in [-0.05, 0) is 31.0 Å². The molecule has 0 aliphatic carbocycles. The molecule has 0 aliphatic rings. The van der Waals surface area contributed by atoms with Crippen molar-refractivity contribution in [2.75, 3.05) is 18.4 Å². The molecule has 3 N–H and O–H groups in total. The molecule has 0 spiro atoms. The molecule has 4 aromatic rings. The Kier molecular flexibility index (Phi) is 6.81. The van der Waals surface area contributed by atoms with Crippen LogP contribution in [0.4, 0.5) is 5.82 Å². The third-order valence-electron chi connectivity index (χ3n) is 4.84. The first-order valence-corrected chi connectivity index (χ1v) is 10.4. The number of aromatic amines is 1. The Morgan fingerprint density at radius 1 is 1.03 bits per heavy atom. The minimum absolute atomic E-state index is 0.0659. The van der Waals surface area contributed by atoms with Gasteiger partial charge in [-0.2, -0.15) is 10.1 Å². The van der Waals surface area contributed by atoms with Gasteiger partial charge in [-0.1, -0.05) is 29.4 Å². The first-order chi connectivity index (χ1) is 15.7. The van der Waals surface area contributed by atoms with E-state index in [0.29, 0.717) is 48.1 Å². The second kappa shape index (κ2) is 10.3. The zero-order valence-electron chi connectivity index (χ0n) is 17.4. The van der Waals surface area contributed by atoms with Crippen LogP contribution < -0.4 is 16.2 Å². The van der Waals surface area contributed by atoms with Crippen molar-refractivity contribution in [3.05, 3.63) is 64.9 Å². The van der Waals surface area contributed by atoms with Crippen molar-refractivity contribution in [1.29, 1.82) is 0 Å². The number of aromatic nitrogens is 5. The quantitative estimate of drug-likeness (QED) is 0.324. The lowest BCUT2D eigenvalue weighted by Crippen LogP contribution is -2.25. The number of unbranched alkanes of at least 4 members (excludes halogenated alkanes) is 1. The Morgan fingerprint density at radius 2 is 1.84 bits per heavy atom. The fourth-order valence-corrected chi connectivity index (χ4v) is 3.20. The fourth-order valence-electron chi connectivity index (χ4n) is 3.20. The van der Waals surface area contributed by atoms with Gasteiger partial charge in [0.1, 0.15) is 5.69 Å². The van der Waals surface area contributed by atoms with Crippen LogP contribution in [0.25, 0.3) is 22.3 Å². The average molecular weight is 433 g/mol. The molecule has 0 saturated carbocycles. The molecule has 10 heteroatoms. The van der Waals surface area contributed by atoms with Gasteiger partial charge in [-0.25, -0.2) is 5.10 Å². The van der Waals surface area contributed by atoms with Crippen molar-refractivity contribution < 1.29 is 9.32 Å². The number of rotatable bonds is 10. The van der Waals surface area contributed by atoms with Crippen LogP contribution in [0.3, 0.4) is 0 Å². The molecule has 10 nitrogen and oxygen atoms in total. The van der Waals surface area contributed by atoms with Gasteiger partial charge >= 0.3 is 0 Å². The van der Waals surface area contributed by atoms with Crippen LogP contribution >= 0.6 is 0 Å². The number of carbonyl (C=O) groups is 1. The zero-order chi connectivity index (χ0) is 22.2. The molecular formula is C22H23N7O3. The molecule has 4 rings (SSSR count). The lowest BCUT2D eigenvalue weighted by atomic mass is 10.2. The number of aryl methyl sites for hydroxylation is 1. The van der Waals surface area contributed by atoms with Gasteiger partial charge in [0.25, 0.3) is 5.56 Å². The summed E-state index contributed by atoms with van der Waals surface area (Å²) in [4.78, 5) is 32.3. The van der Waals surface area contributed by atoms with E-state index in [1.165, 1.54) is 0 Å². The predicted octanol–water partition coefficient (Wildman–Crippen LogP) is 2.31. The van der Waals surface area contributed by atoms with E-state index >= 15 is 0 Å². The normalized spacial score (nSPS) is 10.9. The summed E-state index contributed by atoms with van der Waals surface area (Å²) >= 11 is 0. The van der Waals surface area contributed by atoms with E-state index in [4.69, 9.17) is 4.52 Å². The summed E-state index contributed by atoms with van der Waals surface area (Å²) in [5, 5.41) is 18.0. The monoisotopic (exact) mass is 433 g/mol. The van der Waals surface area contributed by atoms with Crippen LogP contribution in [0, 0.1) is 0 Å². The van der Waals surface area contributed by atoms with Crippen molar-refractivity contribution in [2.24, 2.45) is 0 Å². The third kappa shape index (κ3) is 5.34. The van der Waals surface area contributed by atoms with Crippen molar-refractivity contribution >= 4 is 22.5 Å². The lowest BCUT2D eigenvalue weighted by Gasteiger charge is -2.08. The van der Waals surface area contributed by atoms with Crippen LogP contribution in [-0.4, -0.2) is 44.3 Å². The first-order valence-electron chi connectivity index (χ1n) is 10.4. The van der Waals surface area contributed by atoms with E-state index in [1.807, 2.05) is 30.3 Å². The highest BCUT2D eigenvalue weighted by Crippen LogP contribution is 2.16. The van der Waals surface area contributed by atoms with E-state index < -0.39 is 0 Å². The molecule has 0 unspecified atom stereocenters. The molecule has 0 aliphatic heterocycles. The van der Waals surface area contributed by atoms with Crippen molar-refractivity contribution in [3.8, 4) is 11.5 Å². The molecule has 0 atom stereocenters. The smallest absolute Gasteiger partial charge is 0.272 e. The molecule has 1 amide bonds. The Bertz CT molecular complexity index is 1240. The van der Waals surface area contributed by atoms with Gasteiger partial charge in [-0.15, -0.1) is 0 Å². The number of hydrogen-bond donors (Lipinski definition) is 3. The Morgan fingerprint density at radius 3 is 2.69 bits per heavy atom. The Balaban J connectivity index is 1.14. The first kappa shape index (κ1) is 21.2. The molecule has 0 saturated heterocycles. The van der Waals surface area contributed by atoms with E-state index in [1.54, 1.807) is 18.3 Å². The average Bonchev–Trinajstić information content (AvgIpc) is 3.31. The number of nitrogens with zero attached hydrogens (tertiary/aromatic N) is 4. The van der Waals surface area contributed by atoms with Gasteiger partial charge in [0.05, 0.1) is 5.39 Å². The van der Waals surface area contributed by atoms with Crippen LogP contribution in [0.1, 0.15) is 25.2 Å². The summed E-state index contributed by atoms with van der Waals surface area (Å²) in [7, 11) is 0. The topological polar surface area (TPSA) is 139 Å². The summed E-state index contributed by atoms with van der Waals surface area (Å²) in [6.07, 6.45) is 3.96. The van der Waals surface area contributed by atoms with E-state index in [2.05, 4.69) is 36.0 Å². The summed E-state index contributed by atoms with van der Waals surface area (Å²) in [6.45, 7) is 1.25. The second-order valence-electron chi connectivity index (χ2n) is 7.16. The summed E-state index contributed by atoms with van der Waals surface area (Å²) in [5.41, 5.74) is 0.424. The van der Waals surface area contributed by atoms with E-state index in [-0.39, 0.29) is 17.9 Å². The van der Waals surface area contributed by atoms with Gasteiger partial charge in [0.15, 0.2) is 5.82 Å². The predicted molar refractivity (Wildman–Crippen MR) is 119 cm³/mol. The Labute approximate surface area is 183 Å². The number of pyridine rings is 1. The van der Waals surface area contributed by atoms with Crippen LogP contribution in [-0.2, 0) is 11.2 Å². The van der Waals surface area contributed by atoms with Crippen molar-refractivity contribution in [1.82, 2.24) is 30.6 Å². The number of anilines is 1. The molecule has 3 heterocycles. The number of benzene rings is 1. The van der Waals surface area contributed by atoms with Gasteiger partial charge in [0, 0.05) is 37.5 Å². The third-order valence-corrected chi connectivity index (χ3v) is 4.84.